The lowest BCUT2D eigenvalue weighted by Gasteiger charge is -2.09. The maximum atomic E-state index is 5.80. The number of rotatable bonds is 5. The molecule has 1 aliphatic carbocycles. The Bertz CT molecular complexity index is 567. The third-order valence-electron chi connectivity index (χ3n) is 3.08. The zero-order valence-electron chi connectivity index (χ0n) is 11.7. The Morgan fingerprint density at radius 2 is 1.89 bits per heavy atom. The molecule has 0 atom stereocenters. The van der Waals surface area contributed by atoms with E-state index in [1.807, 2.05) is 31.2 Å². The summed E-state index contributed by atoms with van der Waals surface area (Å²) in [5.41, 5.74) is 4.74. The molecule has 1 nitrogen and oxygen atoms in total. The standard InChI is InChI=1S/C18H20O/c1-13(2)18(17-11-12-17)19-15(4)9-10-16-8-6-5-7-14(16)3/h5-10H,1,4,11-12H2,2-3H3/b10-9-. The van der Waals surface area contributed by atoms with Gasteiger partial charge in [-0.2, -0.15) is 0 Å². The van der Waals surface area contributed by atoms with E-state index in [0.717, 1.165) is 24.2 Å². The van der Waals surface area contributed by atoms with Crippen LogP contribution < -0.4 is 0 Å². The van der Waals surface area contributed by atoms with Crippen LogP contribution in [-0.2, 0) is 4.74 Å². The fraction of sp³-hybridized carbons (Fsp3) is 0.222. The van der Waals surface area contributed by atoms with Crippen molar-refractivity contribution in [3.05, 3.63) is 77.3 Å². The largest absolute Gasteiger partial charge is 0.458 e. The van der Waals surface area contributed by atoms with E-state index < -0.39 is 0 Å². The van der Waals surface area contributed by atoms with E-state index in [9.17, 15) is 0 Å². The van der Waals surface area contributed by atoms with Crippen LogP contribution in [0.5, 0.6) is 0 Å². The van der Waals surface area contributed by atoms with Gasteiger partial charge in [-0.15, -0.1) is 0 Å². The van der Waals surface area contributed by atoms with Gasteiger partial charge in [-0.1, -0.05) is 43.5 Å². The highest BCUT2D eigenvalue weighted by Crippen LogP contribution is 2.35. The molecule has 0 aromatic heterocycles. The van der Waals surface area contributed by atoms with Crippen molar-refractivity contribution in [1.82, 2.24) is 0 Å². The van der Waals surface area contributed by atoms with Crippen molar-refractivity contribution in [1.29, 1.82) is 0 Å². The lowest BCUT2D eigenvalue weighted by molar-refractivity contribution is 0.330. The smallest absolute Gasteiger partial charge is 0.128 e. The molecular formula is C18H20O. The first-order chi connectivity index (χ1) is 9.08. The lowest BCUT2D eigenvalue weighted by Crippen LogP contribution is -1.91. The van der Waals surface area contributed by atoms with Crippen molar-refractivity contribution in [2.45, 2.75) is 26.7 Å². The molecule has 0 aliphatic heterocycles. The van der Waals surface area contributed by atoms with Crippen LogP contribution in [0.1, 0.15) is 30.9 Å². The highest BCUT2D eigenvalue weighted by atomic mass is 16.5. The maximum absolute atomic E-state index is 5.80. The van der Waals surface area contributed by atoms with Gasteiger partial charge >= 0.3 is 0 Å². The lowest BCUT2D eigenvalue weighted by atomic mass is 10.1. The molecule has 0 heterocycles. The average molecular weight is 252 g/mol. The van der Waals surface area contributed by atoms with Crippen molar-refractivity contribution >= 4 is 6.08 Å². The topological polar surface area (TPSA) is 9.23 Å². The molecule has 0 saturated heterocycles. The Kier molecular flexibility index (Phi) is 4.06. The quantitative estimate of drug-likeness (QED) is 0.519. The molecule has 1 aliphatic rings. The van der Waals surface area contributed by atoms with Gasteiger partial charge in [0.2, 0.25) is 0 Å². The van der Waals surface area contributed by atoms with Crippen LogP contribution in [0.15, 0.2) is 66.2 Å². The first-order valence-electron chi connectivity index (χ1n) is 6.56. The van der Waals surface area contributed by atoms with Crippen LogP contribution >= 0.6 is 0 Å². The van der Waals surface area contributed by atoms with Gasteiger partial charge in [0.1, 0.15) is 11.5 Å². The van der Waals surface area contributed by atoms with E-state index in [1.165, 1.54) is 16.7 Å². The zero-order valence-corrected chi connectivity index (χ0v) is 11.7. The molecule has 0 spiro atoms. The zero-order chi connectivity index (χ0) is 13.8. The molecule has 1 fully saturated rings. The van der Waals surface area contributed by atoms with Gasteiger partial charge in [-0.05, 0) is 55.0 Å². The molecule has 0 amide bonds. The first kappa shape index (κ1) is 13.4. The van der Waals surface area contributed by atoms with E-state index in [-0.39, 0.29) is 0 Å². The maximum Gasteiger partial charge on any atom is 0.128 e. The normalized spacial score (nSPS) is 13.5. The minimum absolute atomic E-state index is 0.653. The molecule has 1 saturated carbocycles. The summed E-state index contributed by atoms with van der Waals surface area (Å²) < 4.78 is 5.80. The monoisotopic (exact) mass is 252 g/mol. The van der Waals surface area contributed by atoms with Crippen molar-refractivity contribution in [3.8, 4) is 0 Å². The van der Waals surface area contributed by atoms with E-state index in [0.29, 0.717) is 5.76 Å². The van der Waals surface area contributed by atoms with Crippen molar-refractivity contribution in [2.75, 3.05) is 0 Å². The van der Waals surface area contributed by atoms with Crippen LogP contribution in [0.25, 0.3) is 6.08 Å². The fourth-order valence-electron chi connectivity index (χ4n) is 1.87. The summed E-state index contributed by atoms with van der Waals surface area (Å²) in [7, 11) is 0. The molecule has 1 heteroatoms. The molecule has 19 heavy (non-hydrogen) atoms. The number of aryl methyl sites for hydroxylation is 1. The Hall–Kier alpha value is -2.02. The molecule has 0 unspecified atom stereocenters. The van der Waals surface area contributed by atoms with Crippen LogP contribution in [-0.4, -0.2) is 0 Å². The predicted octanol–water partition coefficient (Wildman–Crippen LogP) is 5.16. The van der Waals surface area contributed by atoms with Crippen LogP contribution in [0.3, 0.4) is 0 Å². The minimum atomic E-state index is 0.653. The van der Waals surface area contributed by atoms with Gasteiger partial charge in [0, 0.05) is 0 Å². The van der Waals surface area contributed by atoms with Gasteiger partial charge in [0.15, 0.2) is 0 Å². The summed E-state index contributed by atoms with van der Waals surface area (Å²) in [4.78, 5) is 0. The summed E-state index contributed by atoms with van der Waals surface area (Å²) in [6.07, 6.45) is 6.19. The van der Waals surface area contributed by atoms with Crippen molar-refractivity contribution < 1.29 is 4.74 Å². The molecule has 0 N–H and O–H groups in total. The summed E-state index contributed by atoms with van der Waals surface area (Å²) in [5.74, 6) is 1.57. The third kappa shape index (κ3) is 3.72. The van der Waals surface area contributed by atoms with E-state index in [4.69, 9.17) is 4.74 Å². The third-order valence-corrected chi connectivity index (χ3v) is 3.08. The highest BCUT2D eigenvalue weighted by Gasteiger charge is 2.19. The first-order valence-corrected chi connectivity index (χ1v) is 6.56. The van der Waals surface area contributed by atoms with Crippen LogP contribution in [0, 0.1) is 6.92 Å². The molecule has 1 aromatic carbocycles. The number of ether oxygens (including phenoxy) is 1. The Balaban J connectivity index is 2.04. The molecule has 98 valence electrons. The molecule has 0 radical (unpaired) electrons. The molecule has 1 aromatic rings. The second kappa shape index (κ2) is 5.75. The van der Waals surface area contributed by atoms with E-state index >= 15 is 0 Å². The average Bonchev–Trinajstić information content (AvgIpc) is 3.19. The fourth-order valence-corrected chi connectivity index (χ4v) is 1.87. The van der Waals surface area contributed by atoms with Crippen LogP contribution in [0.2, 0.25) is 0 Å². The number of hydrogen-bond donors (Lipinski definition) is 0. The SMILES string of the molecule is C=C(/C=C\c1ccccc1C)OC(C(=C)C)=C1CC1. The summed E-state index contributed by atoms with van der Waals surface area (Å²) in [5, 5.41) is 0. The highest BCUT2D eigenvalue weighted by molar-refractivity contribution is 5.55. The van der Waals surface area contributed by atoms with Gasteiger partial charge in [0.25, 0.3) is 0 Å². The van der Waals surface area contributed by atoms with Gasteiger partial charge < -0.3 is 4.74 Å². The van der Waals surface area contributed by atoms with Gasteiger partial charge in [-0.25, -0.2) is 0 Å². The van der Waals surface area contributed by atoms with E-state index in [2.05, 4.69) is 32.2 Å². The second-order valence-electron chi connectivity index (χ2n) is 4.97. The summed E-state index contributed by atoms with van der Waals surface area (Å²) in [6.45, 7) is 12.0. The Morgan fingerprint density at radius 3 is 2.47 bits per heavy atom. The Morgan fingerprint density at radius 1 is 1.21 bits per heavy atom. The van der Waals surface area contributed by atoms with E-state index in [1.54, 1.807) is 0 Å². The molecule has 0 bridgehead atoms. The predicted molar refractivity (Wildman–Crippen MR) is 81.5 cm³/mol. The number of hydrogen-bond acceptors (Lipinski definition) is 1. The van der Waals surface area contributed by atoms with Gasteiger partial charge in [0.05, 0.1) is 0 Å². The molecular weight excluding hydrogens is 232 g/mol. The summed E-state index contributed by atoms with van der Waals surface area (Å²) >= 11 is 0. The molecule has 2 rings (SSSR count). The van der Waals surface area contributed by atoms with Crippen molar-refractivity contribution in [2.24, 2.45) is 0 Å². The minimum Gasteiger partial charge on any atom is -0.458 e. The second-order valence-corrected chi connectivity index (χ2v) is 4.97. The number of allylic oxidation sites excluding steroid dienone is 3. The van der Waals surface area contributed by atoms with Gasteiger partial charge in [-0.3, -0.25) is 0 Å². The van der Waals surface area contributed by atoms with Crippen LogP contribution in [0.4, 0.5) is 0 Å². The summed E-state index contributed by atoms with van der Waals surface area (Å²) in [6, 6.07) is 8.24. The van der Waals surface area contributed by atoms with Crippen molar-refractivity contribution in [3.63, 3.8) is 0 Å². The number of benzene rings is 1. The Labute approximate surface area is 115 Å².